The fourth-order valence-electron chi connectivity index (χ4n) is 1.90. The predicted octanol–water partition coefficient (Wildman–Crippen LogP) is 3.12. The van der Waals surface area contributed by atoms with Crippen LogP contribution in [-0.2, 0) is 0 Å². The number of carbonyl (C=O) groups excluding carboxylic acids is 1. The van der Waals surface area contributed by atoms with E-state index in [-0.39, 0.29) is 5.78 Å². The summed E-state index contributed by atoms with van der Waals surface area (Å²) in [6.45, 7) is 5.91. The van der Waals surface area contributed by atoms with E-state index < -0.39 is 0 Å². The number of Topliss-reactive ketones (excluding diaryl/α,β-unsaturated/α-hetero) is 1. The second-order valence-corrected chi connectivity index (χ2v) is 4.37. The van der Waals surface area contributed by atoms with Crippen molar-refractivity contribution in [1.82, 2.24) is 0 Å². The molecular weight excluding hydrogens is 220 g/mol. The first kappa shape index (κ1) is 13.1. The lowest BCUT2D eigenvalue weighted by atomic mass is 9.95. The molecule has 1 aromatic carbocycles. The number of ether oxygens (including phenoxy) is 1. The lowest BCUT2D eigenvalue weighted by Crippen LogP contribution is -2.06. The molecule has 0 aliphatic carbocycles. The van der Waals surface area contributed by atoms with Crippen LogP contribution in [0.1, 0.15) is 33.5 Å². The second-order valence-electron chi connectivity index (χ2n) is 3.92. The molecule has 0 bridgehead atoms. The lowest BCUT2D eigenvalue weighted by Gasteiger charge is -2.14. The number of benzene rings is 1. The van der Waals surface area contributed by atoms with Gasteiger partial charge < -0.3 is 4.74 Å². The predicted molar refractivity (Wildman–Crippen MR) is 70.0 cm³/mol. The Morgan fingerprint density at radius 3 is 2.44 bits per heavy atom. The minimum atomic E-state index is 0.154. The zero-order valence-electron chi connectivity index (χ0n) is 10.3. The van der Waals surface area contributed by atoms with Crippen LogP contribution >= 0.6 is 12.6 Å². The van der Waals surface area contributed by atoms with Gasteiger partial charge in [0, 0.05) is 12.0 Å². The third-order valence-electron chi connectivity index (χ3n) is 2.87. The highest BCUT2D eigenvalue weighted by atomic mass is 32.1. The molecule has 1 rings (SSSR count). The quantitative estimate of drug-likeness (QED) is 0.644. The molecule has 0 heterocycles. The van der Waals surface area contributed by atoms with Crippen molar-refractivity contribution in [2.75, 3.05) is 12.9 Å². The number of methoxy groups -OCH3 is 1. The van der Waals surface area contributed by atoms with E-state index in [1.165, 1.54) is 0 Å². The average Bonchev–Trinajstić information content (AvgIpc) is 2.24. The summed E-state index contributed by atoms with van der Waals surface area (Å²) in [5.74, 6) is 1.61. The van der Waals surface area contributed by atoms with E-state index >= 15 is 0 Å². The normalized spacial score (nSPS) is 10.3. The Balaban J connectivity index is 3.28. The number of hydrogen-bond donors (Lipinski definition) is 1. The van der Waals surface area contributed by atoms with Crippen LogP contribution in [-0.4, -0.2) is 18.6 Å². The Kier molecular flexibility index (Phi) is 4.42. The molecule has 0 fully saturated rings. The number of rotatable bonds is 4. The molecule has 0 radical (unpaired) electrons. The Hall–Kier alpha value is -0.960. The van der Waals surface area contributed by atoms with Gasteiger partial charge >= 0.3 is 0 Å². The summed E-state index contributed by atoms with van der Waals surface area (Å²) in [7, 11) is 1.66. The maximum atomic E-state index is 11.9. The van der Waals surface area contributed by atoms with Gasteiger partial charge in [-0.1, -0.05) is 0 Å². The molecule has 0 aromatic heterocycles. The largest absolute Gasteiger partial charge is 0.496 e. The van der Waals surface area contributed by atoms with Gasteiger partial charge in [-0.2, -0.15) is 12.6 Å². The number of hydrogen-bond acceptors (Lipinski definition) is 3. The molecule has 16 heavy (non-hydrogen) atoms. The van der Waals surface area contributed by atoms with E-state index in [0.717, 1.165) is 28.0 Å². The molecule has 2 nitrogen and oxygen atoms in total. The van der Waals surface area contributed by atoms with E-state index in [9.17, 15) is 4.79 Å². The molecule has 3 heteroatoms. The summed E-state index contributed by atoms with van der Waals surface area (Å²) in [5.41, 5.74) is 3.86. The van der Waals surface area contributed by atoms with Crippen molar-refractivity contribution >= 4 is 18.4 Å². The van der Waals surface area contributed by atoms with E-state index in [2.05, 4.69) is 12.6 Å². The monoisotopic (exact) mass is 238 g/mol. The molecule has 1 aromatic rings. The summed E-state index contributed by atoms with van der Waals surface area (Å²) in [6.07, 6.45) is 0.481. The molecule has 88 valence electrons. The fourth-order valence-corrected chi connectivity index (χ4v) is 2.10. The van der Waals surface area contributed by atoms with Crippen LogP contribution in [0.5, 0.6) is 5.75 Å². The van der Waals surface area contributed by atoms with E-state index in [0.29, 0.717) is 12.2 Å². The van der Waals surface area contributed by atoms with Crippen molar-refractivity contribution < 1.29 is 9.53 Å². The van der Waals surface area contributed by atoms with Crippen molar-refractivity contribution in [2.24, 2.45) is 0 Å². The first-order valence-electron chi connectivity index (χ1n) is 5.31. The Morgan fingerprint density at radius 1 is 1.31 bits per heavy atom. The third-order valence-corrected chi connectivity index (χ3v) is 3.09. The number of thiol groups is 1. The Morgan fingerprint density at radius 2 is 1.94 bits per heavy atom. The van der Waals surface area contributed by atoms with Crippen molar-refractivity contribution in [2.45, 2.75) is 27.2 Å². The third kappa shape index (κ3) is 2.40. The van der Waals surface area contributed by atoms with E-state index in [1.807, 2.05) is 26.8 Å². The summed E-state index contributed by atoms with van der Waals surface area (Å²) < 4.78 is 5.32. The van der Waals surface area contributed by atoms with Gasteiger partial charge in [-0.05, 0) is 49.3 Å². The molecule has 0 aliphatic rings. The first-order chi connectivity index (χ1) is 7.52. The molecule has 0 unspecified atom stereocenters. The molecule has 0 amide bonds. The highest BCUT2D eigenvalue weighted by Gasteiger charge is 2.15. The number of ketones is 1. The zero-order valence-corrected chi connectivity index (χ0v) is 11.1. The molecule has 0 spiro atoms. The summed E-state index contributed by atoms with van der Waals surface area (Å²) >= 11 is 4.09. The number of aryl methyl sites for hydroxylation is 1. The van der Waals surface area contributed by atoms with Crippen molar-refractivity contribution in [3.05, 3.63) is 28.3 Å². The van der Waals surface area contributed by atoms with Gasteiger partial charge in [-0.25, -0.2) is 0 Å². The van der Waals surface area contributed by atoms with Gasteiger partial charge in [-0.15, -0.1) is 0 Å². The van der Waals surface area contributed by atoms with Crippen LogP contribution in [0, 0.1) is 20.8 Å². The van der Waals surface area contributed by atoms with Crippen LogP contribution in [0.2, 0.25) is 0 Å². The standard InChI is InChI=1S/C13H18O2S/c1-8-7-11(12(14)5-6-16)9(2)10(3)13(8)15-4/h7,16H,5-6H2,1-4H3. The number of carbonyl (C=O) groups is 1. The van der Waals surface area contributed by atoms with Gasteiger partial charge in [0.05, 0.1) is 7.11 Å². The van der Waals surface area contributed by atoms with Crippen molar-refractivity contribution in [1.29, 1.82) is 0 Å². The average molecular weight is 238 g/mol. The van der Waals surface area contributed by atoms with E-state index in [1.54, 1.807) is 7.11 Å². The molecular formula is C13H18O2S. The van der Waals surface area contributed by atoms with E-state index in [4.69, 9.17) is 4.74 Å². The highest BCUT2D eigenvalue weighted by Crippen LogP contribution is 2.29. The Bertz CT molecular complexity index is 411. The molecule has 0 saturated heterocycles. The minimum absolute atomic E-state index is 0.154. The maximum Gasteiger partial charge on any atom is 0.163 e. The van der Waals surface area contributed by atoms with Gasteiger partial charge in [-0.3, -0.25) is 4.79 Å². The van der Waals surface area contributed by atoms with Crippen LogP contribution < -0.4 is 4.74 Å². The summed E-state index contributed by atoms with van der Waals surface area (Å²) in [5, 5.41) is 0. The Labute approximate surface area is 102 Å². The molecule has 0 N–H and O–H groups in total. The van der Waals surface area contributed by atoms with Crippen LogP contribution in [0.3, 0.4) is 0 Å². The van der Waals surface area contributed by atoms with Gasteiger partial charge in [0.2, 0.25) is 0 Å². The molecule has 0 aliphatic heterocycles. The topological polar surface area (TPSA) is 26.3 Å². The van der Waals surface area contributed by atoms with Crippen LogP contribution in [0.25, 0.3) is 0 Å². The summed E-state index contributed by atoms with van der Waals surface area (Å²) in [6, 6.07) is 1.91. The van der Waals surface area contributed by atoms with Gasteiger partial charge in [0.15, 0.2) is 5.78 Å². The van der Waals surface area contributed by atoms with Gasteiger partial charge in [0.1, 0.15) is 5.75 Å². The summed E-state index contributed by atoms with van der Waals surface area (Å²) in [4.78, 5) is 11.9. The SMILES string of the molecule is COc1c(C)cc(C(=O)CCS)c(C)c1C. The fraction of sp³-hybridized carbons (Fsp3) is 0.462. The van der Waals surface area contributed by atoms with Crippen LogP contribution in [0.15, 0.2) is 6.07 Å². The van der Waals surface area contributed by atoms with Crippen molar-refractivity contribution in [3.63, 3.8) is 0 Å². The lowest BCUT2D eigenvalue weighted by molar-refractivity contribution is 0.0989. The molecule has 0 saturated carbocycles. The second kappa shape index (κ2) is 5.39. The maximum absolute atomic E-state index is 11.9. The van der Waals surface area contributed by atoms with Crippen molar-refractivity contribution in [3.8, 4) is 5.75 Å². The molecule has 0 atom stereocenters. The minimum Gasteiger partial charge on any atom is -0.496 e. The zero-order chi connectivity index (χ0) is 12.3. The highest BCUT2D eigenvalue weighted by molar-refractivity contribution is 7.80. The van der Waals surface area contributed by atoms with Gasteiger partial charge in [0.25, 0.3) is 0 Å². The smallest absolute Gasteiger partial charge is 0.163 e. The van der Waals surface area contributed by atoms with Crippen LogP contribution in [0.4, 0.5) is 0 Å². The first-order valence-corrected chi connectivity index (χ1v) is 5.95.